The zero-order valence-corrected chi connectivity index (χ0v) is 17.2. The molecule has 1 aromatic carbocycles. The maximum Gasteiger partial charge on any atom is 0.494 e. The first kappa shape index (κ1) is 20.3. The van der Waals surface area contributed by atoms with Gasteiger partial charge in [-0.1, -0.05) is 12.1 Å². The van der Waals surface area contributed by atoms with Crippen molar-refractivity contribution in [3.63, 3.8) is 0 Å². The molecular formula is C20H31BN2O4. The second kappa shape index (κ2) is 7.91. The van der Waals surface area contributed by atoms with Crippen LogP contribution in [0.2, 0.25) is 0 Å². The topological polar surface area (TPSA) is 51.2 Å². The number of piperazine rings is 1. The van der Waals surface area contributed by atoms with Gasteiger partial charge in [0.05, 0.1) is 17.8 Å². The van der Waals surface area contributed by atoms with Gasteiger partial charge in [-0.25, -0.2) is 0 Å². The van der Waals surface area contributed by atoms with E-state index >= 15 is 0 Å². The number of hydrogen-bond acceptors (Lipinski definition) is 5. The van der Waals surface area contributed by atoms with Gasteiger partial charge < -0.3 is 18.9 Å². The summed E-state index contributed by atoms with van der Waals surface area (Å²) in [6, 6.07) is 7.62. The highest BCUT2D eigenvalue weighted by molar-refractivity contribution is 6.62. The Labute approximate surface area is 162 Å². The van der Waals surface area contributed by atoms with E-state index in [0.717, 1.165) is 44.8 Å². The summed E-state index contributed by atoms with van der Waals surface area (Å²) in [5.41, 5.74) is 0.915. The summed E-state index contributed by atoms with van der Waals surface area (Å²) >= 11 is 0. The van der Waals surface area contributed by atoms with E-state index in [0.29, 0.717) is 5.56 Å². The predicted octanol–water partition coefficient (Wildman–Crippen LogP) is 1.39. The van der Waals surface area contributed by atoms with Gasteiger partial charge in [0.1, 0.15) is 0 Å². The number of carbonyl (C=O) groups is 1. The van der Waals surface area contributed by atoms with E-state index in [4.69, 9.17) is 14.0 Å². The zero-order valence-electron chi connectivity index (χ0n) is 17.2. The zero-order chi connectivity index (χ0) is 19.7. The third-order valence-corrected chi connectivity index (χ3v) is 5.95. The first-order valence-corrected chi connectivity index (χ1v) is 9.70. The fraction of sp³-hybridized carbons (Fsp3) is 0.650. The van der Waals surface area contributed by atoms with Gasteiger partial charge in [0.2, 0.25) is 0 Å². The van der Waals surface area contributed by atoms with Crippen LogP contribution in [0.4, 0.5) is 0 Å². The molecule has 2 fully saturated rings. The molecule has 2 aliphatic rings. The molecule has 0 aromatic heterocycles. The molecule has 0 spiro atoms. The predicted molar refractivity (Wildman–Crippen MR) is 106 cm³/mol. The molecule has 1 aromatic rings. The first-order valence-electron chi connectivity index (χ1n) is 9.70. The van der Waals surface area contributed by atoms with Crippen LogP contribution in [0.1, 0.15) is 38.1 Å². The van der Waals surface area contributed by atoms with E-state index in [-0.39, 0.29) is 17.1 Å². The lowest BCUT2D eigenvalue weighted by Crippen LogP contribution is -2.49. The highest BCUT2D eigenvalue weighted by Gasteiger charge is 2.51. The van der Waals surface area contributed by atoms with Crippen molar-refractivity contribution in [2.24, 2.45) is 0 Å². The van der Waals surface area contributed by atoms with Crippen LogP contribution in [0, 0.1) is 0 Å². The minimum absolute atomic E-state index is 0.0851. The Hall–Kier alpha value is -1.41. The second-order valence-corrected chi connectivity index (χ2v) is 8.34. The summed E-state index contributed by atoms with van der Waals surface area (Å²) in [5.74, 6) is 0.0851. The molecule has 0 aliphatic carbocycles. The molecule has 3 rings (SSSR count). The molecular weight excluding hydrogens is 343 g/mol. The second-order valence-electron chi connectivity index (χ2n) is 8.34. The monoisotopic (exact) mass is 374 g/mol. The van der Waals surface area contributed by atoms with Crippen molar-refractivity contribution in [2.45, 2.75) is 38.9 Å². The van der Waals surface area contributed by atoms with Gasteiger partial charge in [-0.05, 0) is 45.3 Å². The number of nitrogens with zero attached hydrogens (tertiary/aromatic N) is 2. The van der Waals surface area contributed by atoms with Gasteiger partial charge in [-0.15, -0.1) is 0 Å². The molecule has 0 unspecified atom stereocenters. The van der Waals surface area contributed by atoms with Crippen LogP contribution in [0.5, 0.6) is 0 Å². The Bertz CT molecular complexity index is 638. The number of carbonyl (C=O) groups excluding carboxylic acids is 1. The highest BCUT2D eigenvalue weighted by Crippen LogP contribution is 2.36. The Morgan fingerprint density at radius 2 is 1.59 bits per heavy atom. The van der Waals surface area contributed by atoms with Gasteiger partial charge in [0, 0.05) is 45.4 Å². The molecule has 0 saturated carbocycles. The number of methoxy groups -OCH3 is 1. The first-order chi connectivity index (χ1) is 12.7. The van der Waals surface area contributed by atoms with Crippen molar-refractivity contribution in [3.05, 3.63) is 29.8 Å². The lowest BCUT2D eigenvalue weighted by molar-refractivity contribution is 0.00578. The summed E-state index contributed by atoms with van der Waals surface area (Å²) < 4.78 is 17.3. The van der Waals surface area contributed by atoms with Gasteiger partial charge in [-0.3, -0.25) is 9.69 Å². The van der Waals surface area contributed by atoms with Crippen molar-refractivity contribution < 1.29 is 18.8 Å². The largest absolute Gasteiger partial charge is 0.494 e. The molecule has 6 nitrogen and oxygen atoms in total. The minimum Gasteiger partial charge on any atom is -0.399 e. The molecule has 1 amide bonds. The van der Waals surface area contributed by atoms with Crippen molar-refractivity contribution in [3.8, 4) is 0 Å². The third-order valence-electron chi connectivity index (χ3n) is 5.95. The summed E-state index contributed by atoms with van der Waals surface area (Å²) in [4.78, 5) is 17.0. The normalized spacial score (nSPS) is 22.3. The van der Waals surface area contributed by atoms with Crippen LogP contribution in [-0.2, 0) is 14.0 Å². The van der Waals surface area contributed by atoms with Crippen molar-refractivity contribution >= 4 is 18.5 Å². The van der Waals surface area contributed by atoms with E-state index in [9.17, 15) is 4.79 Å². The molecule has 2 saturated heterocycles. The van der Waals surface area contributed by atoms with Gasteiger partial charge in [-0.2, -0.15) is 0 Å². The fourth-order valence-corrected chi connectivity index (χ4v) is 3.34. The van der Waals surface area contributed by atoms with Crippen LogP contribution in [0.3, 0.4) is 0 Å². The summed E-state index contributed by atoms with van der Waals surface area (Å²) in [6.45, 7) is 13.1. The maximum atomic E-state index is 12.8. The Kier molecular flexibility index (Phi) is 5.96. The fourth-order valence-electron chi connectivity index (χ4n) is 3.34. The number of ether oxygens (including phenoxy) is 1. The van der Waals surface area contributed by atoms with Crippen LogP contribution < -0.4 is 5.46 Å². The average Bonchev–Trinajstić information content (AvgIpc) is 2.87. The molecule has 0 radical (unpaired) electrons. The summed E-state index contributed by atoms with van der Waals surface area (Å²) in [7, 11) is 1.32. The molecule has 0 N–H and O–H groups in total. The van der Waals surface area contributed by atoms with Gasteiger partial charge >= 0.3 is 7.12 Å². The number of rotatable bonds is 5. The van der Waals surface area contributed by atoms with E-state index in [1.807, 2.05) is 56.9 Å². The van der Waals surface area contributed by atoms with Crippen molar-refractivity contribution in [2.75, 3.05) is 46.4 Å². The van der Waals surface area contributed by atoms with Crippen LogP contribution in [0.15, 0.2) is 24.3 Å². The molecule has 2 aliphatic heterocycles. The Morgan fingerprint density at radius 1 is 1.04 bits per heavy atom. The third kappa shape index (κ3) is 4.37. The lowest BCUT2D eigenvalue weighted by Gasteiger charge is -2.34. The standard InChI is InChI=1S/C20H31BN2O4/c1-19(2)20(3,4)27-21(26-19)17-8-6-16(7-9-17)18(24)23-12-10-22(11-13-23)14-15-25-5/h6-9H,10-15H2,1-5H3. The molecule has 27 heavy (non-hydrogen) atoms. The SMILES string of the molecule is COCCN1CCN(C(=O)c2ccc(B3OC(C)(C)C(C)(C)O3)cc2)CC1. The van der Waals surface area contributed by atoms with Crippen molar-refractivity contribution in [1.82, 2.24) is 9.80 Å². The molecule has 2 heterocycles. The van der Waals surface area contributed by atoms with Crippen LogP contribution in [-0.4, -0.2) is 80.5 Å². The lowest BCUT2D eigenvalue weighted by atomic mass is 9.79. The average molecular weight is 374 g/mol. The molecule has 148 valence electrons. The quantitative estimate of drug-likeness (QED) is 0.730. The maximum absolute atomic E-state index is 12.8. The van der Waals surface area contributed by atoms with E-state index in [2.05, 4.69) is 4.90 Å². The highest BCUT2D eigenvalue weighted by atomic mass is 16.7. The van der Waals surface area contributed by atoms with Crippen LogP contribution >= 0.6 is 0 Å². The van der Waals surface area contributed by atoms with Gasteiger partial charge in [0.25, 0.3) is 5.91 Å². The van der Waals surface area contributed by atoms with E-state index < -0.39 is 7.12 Å². The smallest absolute Gasteiger partial charge is 0.399 e. The Balaban J connectivity index is 1.59. The summed E-state index contributed by atoms with van der Waals surface area (Å²) in [6.07, 6.45) is 0. The van der Waals surface area contributed by atoms with Crippen molar-refractivity contribution in [1.29, 1.82) is 0 Å². The number of benzene rings is 1. The van der Waals surface area contributed by atoms with E-state index in [1.165, 1.54) is 0 Å². The molecule has 7 heteroatoms. The molecule has 0 bridgehead atoms. The van der Waals surface area contributed by atoms with E-state index in [1.54, 1.807) is 7.11 Å². The molecule has 0 atom stereocenters. The number of amides is 1. The summed E-state index contributed by atoms with van der Waals surface area (Å²) in [5, 5.41) is 0. The number of hydrogen-bond donors (Lipinski definition) is 0. The minimum atomic E-state index is -0.400. The Morgan fingerprint density at radius 3 is 2.11 bits per heavy atom. The van der Waals surface area contributed by atoms with Gasteiger partial charge in [0.15, 0.2) is 0 Å². The van der Waals surface area contributed by atoms with Crippen LogP contribution in [0.25, 0.3) is 0 Å².